The van der Waals surface area contributed by atoms with Crippen molar-refractivity contribution in [2.24, 2.45) is 0 Å². The molecule has 0 amide bonds. The Morgan fingerprint density at radius 1 is 0.917 bits per heavy atom. The van der Waals surface area contributed by atoms with Crippen LogP contribution in [0.4, 0.5) is 4.39 Å². The van der Waals surface area contributed by atoms with E-state index < -0.39 is 5.82 Å². The topological polar surface area (TPSA) is 46.0 Å². The van der Waals surface area contributed by atoms with E-state index in [1.165, 1.54) is 11.3 Å². The summed E-state index contributed by atoms with van der Waals surface area (Å²) >= 11 is 1.52. The molecule has 0 spiro atoms. The Labute approximate surface area is 142 Å². The first-order chi connectivity index (χ1) is 11.6. The Morgan fingerprint density at radius 2 is 1.75 bits per heavy atom. The van der Waals surface area contributed by atoms with Gasteiger partial charge in [-0.25, -0.2) is 14.4 Å². The Bertz CT molecular complexity index is 1060. The van der Waals surface area contributed by atoms with Crippen LogP contribution >= 0.6 is 11.3 Å². The highest BCUT2D eigenvalue weighted by Crippen LogP contribution is 2.34. The third-order valence-electron chi connectivity index (χ3n) is 3.90. The van der Waals surface area contributed by atoms with Gasteiger partial charge in [0.05, 0.1) is 5.69 Å². The number of halogens is 1. The maximum atomic E-state index is 15.1. The van der Waals surface area contributed by atoms with Crippen LogP contribution in [0.1, 0.15) is 5.69 Å². The van der Waals surface area contributed by atoms with Crippen molar-refractivity contribution in [2.45, 2.75) is 6.92 Å². The molecule has 0 radical (unpaired) electrons. The first-order valence-electron chi connectivity index (χ1n) is 7.43. The fourth-order valence-electron chi connectivity index (χ4n) is 2.69. The SMILES string of the molecule is Cc1ccc(-c2cccc(-c3ccc4ccsc4n3)c2F)c(O)n1. The highest BCUT2D eigenvalue weighted by atomic mass is 32.1. The van der Waals surface area contributed by atoms with E-state index in [0.717, 1.165) is 10.2 Å². The van der Waals surface area contributed by atoms with Crippen molar-refractivity contribution in [3.63, 3.8) is 0 Å². The van der Waals surface area contributed by atoms with Crippen LogP contribution in [-0.2, 0) is 0 Å². The summed E-state index contributed by atoms with van der Waals surface area (Å²) in [6, 6.07) is 14.2. The molecule has 0 unspecified atom stereocenters. The Kier molecular flexibility index (Phi) is 3.50. The molecular weight excluding hydrogens is 323 g/mol. The molecular formula is C19H13FN2OS. The second-order valence-electron chi connectivity index (χ2n) is 5.50. The van der Waals surface area contributed by atoms with Gasteiger partial charge in [-0.1, -0.05) is 12.1 Å². The second-order valence-corrected chi connectivity index (χ2v) is 6.40. The van der Waals surface area contributed by atoms with E-state index in [2.05, 4.69) is 9.97 Å². The zero-order valence-corrected chi connectivity index (χ0v) is 13.6. The minimum atomic E-state index is -0.415. The van der Waals surface area contributed by atoms with E-state index >= 15 is 4.39 Å². The van der Waals surface area contributed by atoms with Crippen molar-refractivity contribution in [2.75, 3.05) is 0 Å². The molecule has 0 aliphatic carbocycles. The number of aromatic nitrogens is 2. The van der Waals surface area contributed by atoms with Crippen LogP contribution in [0.2, 0.25) is 0 Å². The minimum Gasteiger partial charge on any atom is -0.493 e. The summed E-state index contributed by atoms with van der Waals surface area (Å²) in [7, 11) is 0. The van der Waals surface area contributed by atoms with Gasteiger partial charge in [0, 0.05) is 27.8 Å². The van der Waals surface area contributed by atoms with Crippen LogP contribution in [0, 0.1) is 12.7 Å². The number of hydrogen-bond acceptors (Lipinski definition) is 4. The van der Waals surface area contributed by atoms with Gasteiger partial charge in [0.1, 0.15) is 10.6 Å². The molecule has 0 saturated carbocycles. The van der Waals surface area contributed by atoms with Crippen LogP contribution < -0.4 is 0 Å². The maximum Gasteiger partial charge on any atom is 0.219 e. The van der Waals surface area contributed by atoms with Gasteiger partial charge < -0.3 is 5.11 Å². The third-order valence-corrected chi connectivity index (χ3v) is 4.72. The average Bonchev–Trinajstić information content (AvgIpc) is 3.03. The van der Waals surface area contributed by atoms with Gasteiger partial charge in [-0.05, 0) is 48.7 Å². The van der Waals surface area contributed by atoms with E-state index in [9.17, 15) is 5.11 Å². The second kappa shape index (κ2) is 5.69. The lowest BCUT2D eigenvalue weighted by atomic mass is 10.0. The molecule has 1 aromatic carbocycles. The van der Waals surface area contributed by atoms with Gasteiger partial charge in [0.25, 0.3) is 0 Å². The van der Waals surface area contributed by atoms with E-state index in [4.69, 9.17) is 0 Å². The van der Waals surface area contributed by atoms with Crippen LogP contribution in [0.5, 0.6) is 5.88 Å². The summed E-state index contributed by atoms with van der Waals surface area (Å²) in [4.78, 5) is 9.41. The van der Waals surface area contributed by atoms with Gasteiger partial charge in [-0.2, -0.15) is 0 Å². The molecule has 0 aliphatic rings. The monoisotopic (exact) mass is 336 g/mol. The number of pyridine rings is 2. The standard InChI is InChI=1S/C19H13FN2OS/c1-11-5-7-14(18(23)21-11)13-3-2-4-15(17(13)20)16-8-6-12-9-10-24-19(12)22-16/h2-10H,1H3,(H,21,23). The summed E-state index contributed by atoms with van der Waals surface area (Å²) in [5, 5.41) is 13.1. The summed E-state index contributed by atoms with van der Waals surface area (Å²) in [5.41, 5.74) is 2.34. The van der Waals surface area contributed by atoms with Crippen molar-refractivity contribution in [1.29, 1.82) is 0 Å². The number of rotatable bonds is 2. The van der Waals surface area contributed by atoms with E-state index in [0.29, 0.717) is 28.1 Å². The number of hydrogen-bond donors (Lipinski definition) is 1. The van der Waals surface area contributed by atoms with Crippen molar-refractivity contribution in [3.05, 3.63) is 65.4 Å². The number of thiophene rings is 1. The van der Waals surface area contributed by atoms with Crippen molar-refractivity contribution < 1.29 is 9.50 Å². The van der Waals surface area contributed by atoms with Crippen molar-refractivity contribution in [1.82, 2.24) is 9.97 Å². The number of fused-ring (bicyclic) bond motifs is 1. The number of nitrogens with zero attached hydrogens (tertiary/aromatic N) is 2. The maximum absolute atomic E-state index is 15.1. The van der Waals surface area contributed by atoms with E-state index in [-0.39, 0.29) is 5.88 Å². The Hall–Kier alpha value is -2.79. The normalized spacial score (nSPS) is 11.1. The lowest BCUT2D eigenvalue weighted by Crippen LogP contribution is -1.93. The molecule has 3 aromatic heterocycles. The average molecular weight is 336 g/mol. The Balaban J connectivity index is 1.88. The molecule has 0 atom stereocenters. The molecule has 3 nitrogen and oxygen atoms in total. The highest BCUT2D eigenvalue weighted by molar-refractivity contribution is 7.16. The molecule has 1 N–H and O–H groups in total. The Morgan fingerprint density at radius 3 is 2.58 bits per heavy atom. The van der Waals surface area contributed by atoms with Crippen LogP contribution in [-0.4, -0.2) is 15.1 Å². The fourth-order valence-corrected chi connectivity index (χ4v) is 3.45. The molecule has 24 heavy (non-hydrogen) atoms. The third kappa shape index (κ3) is 2.43. The highest BCUT2D eigenvalue weighted by Gasteiger charge is 2.16. The van der Waals surface area contributed by atoms with Crippen LogP contribution in [0.3, 0.4) is 0 Å². The fraction of sp³-hybridized carbons (Fsp3) is 0.0526. The molecule has 3 heterocycles. The first-order valence-corrected chi connectivity index (χ1v) is 8.31. The van der Waals surface area contributed by atoms with Gasteiger partial charge >= 0.3 is 0 Å². The number of benzene rings is 1. The lowest BCUT2D eigenvalue weighted by molar-refractivity contribution is 0.454. The van der Waals surface area contributed by atoms with Gasteiger partial charge in [-0.15, -0.1) is 11.3 Å². The summed E-state index contributed by atoms with van der Waals surface area (Å²) in [5.74, 6) is -0.588. The summed E-state index contributed by atoms with van der Waals surface area (Å²) in [6.07, 6.45) is 0. The van der Waals surface area contributed by atoms with Crippen molar-refractivity contribution in [3.8, 4) is 28.3 Å². The summed E-state index contributed by atoms with van der Waals surface area (Å²) in [6.45, 7) is 1.77. The molecule has 0 bridgehead atoms. The predicted octanol–water partition coefficient (Wildman–Crippen LogP) is 5.18. The lowest BCUT2D eigenvalue weighted by Gasteiger charge is -2.10. The number of aromatic hydroxyl groups is 1. The van der Waals surface area contributed by atoms with Crippen LogP contribution in [0.25, 0.3) is 32.6 Å². The van der Waals surface area contributed by atoms with E-state index in [1.807, 2.05) is 23.6 Å². The van der Waals surface area contributed by atoms with Gasteiger partial charge in [0.15, 0.2) is 0 Å². The van der Waals surface area contributed by atoms with E-state index in [1.54, 1.807) is 37.3 Å². The van der Waals surface area contributed by atoms with Gasteiger partial charge in [0.2, 0.25) is 5.88 Å². The molecule has 5 heteroatoms. The number of aryl methyl sites for hydroxylation is 1. The molecule has 4 rings (SSSR count). The molecule has 0 aliphatic heterocycles. The first kappa shape index (κ1) is 14.8. The van der Waals surface area contributed by atoms with Crippen LogP contribution in [0.15, 0.2) is 53.9 Å². The summed E-state index contributed by atoms with van der Waals surface area (Å²) < 4.78 is 15.1. The quantitative estimate of drug-likeness (QED) is 0.549. The zero-order chi connectivity index (χ0) is 16.7. The van der Waals surface area contributed by atoms with Crippen molar-refractivity contribution >= 4 is 21.6 Å². The molecule has 0 saturated heterocycles. The minimum absolute atomic E-state index is 0.173. The zero-order valence-electron chi connectivity index (χ0n) is 12.8. The molecule has 4 aromatic rings. The van der Waals surface area contributed by atoms with Gasteiger partial charge in [-0.3, -0.25) is 0 Å². The molecule has 0 fully saturated rings. The molecule has 118 valence electrons. The smallest absolute Gasteiger partial charge is 0.219 e. The largest absolute Gasteiger partial charge is 0.493 e. The predicted molar refractivity (Wildman–Crippen MR) is 94.6 cm³/mol.